The predicted octanol–water partition coefficient (Wildman–Crippen LogP) is 3.40. The Bertz CT molecular complexity index is 938. The van der Waals surface area contributed by atoms with Crippen LogP contribution in [0.5, 0.6) is 0 Å². The normalized spacial score (nSPS) is 11.4. The molecule has 0 atom stereocenters. The number of aromatic nitrogens is 3. The van der Waals surface area contributed by atoms with Crippen LogP contribution in [0.1, 0.15) is 21.6 Å². The largest absolute Gasteiger partial charge is 0.419 e. The average molecular weight is 378 g/mol. The topological polar surface area (TPSA) is 59.8 Å². The highest BCUT2D eigenvalue weighted by Gasteiger charge is 2.34. The molecule has 0 saturated carbocycles. The maximum Gasteiger partial charge on any atom is 0.419 e. The predicted molar refractivity (Wildman–Crippen MR) is 88.8 cm³/mol. The molecule has 140 valence electrons. The van der Waals surface area contributed by atoms with Gasteiger partial charge in [-0.15, -0.1) is 0 Å². The Balaban J connectivity index is 1.57. The Morgan fingerprint density at radius 1 is 1.11 bits per heavy atom. The summed E-state index contributed by atoms with van der Waals surface area (Å²) in [5, 5.41) is 10.9. The molecule has 0 aliphatic rings. The molecule has 0 bridgehead atoms. The van der Waals surface area contributed by atoms with Gasteiger partial charge < -0.3 is 5.32 Å². The number of amides is 1. The van der Waals surface area contributed by atoms with Crippen molar-refractivity contribution in [2.75, 3.05) is 6.54 Å². The summed E-state index contributed by atoms with van der Waals surface area (Å²) >= 11 is 0. The second kappa shape index (κ2) is 7.56. The summed E-state index contributed by atoms with van der Waals surface area (Å²) in [6, 6.07) is 11.3. The monoisotopic (exact) mass is 378 g/mol. The standard InChI is InChI=1S/C18H14F4N4O/c19-16-10-12(6-7-15(16)18(20,21)22)17(27)23-9-8-13-11-24-26(25-13)14-4-2-1-3-5-14/h1-7,10-11H,8-9H2,(H,23,27). The highest BCUT2D eigenvalue weighted by molar-refractivity contribution is 5.94. The van der Waals surface area contributed by atoms with Crippen LogP contribution >= 0.6 is 0 Å². The molecule has 2 aromatic carbocycles. The van der Waals surface area contributed by atoms with Crippen molar-refractivity contribution in [1.82, 2.24) is 20.3 Å². The van der Waals surface area contributed by atoms with Crippen molar-refractivity contribution in [3.8, 4) is 5.69 Å². The third kappa shape index (κ3) is 4.49. The minimum atomic E-state index is -4.80. The van der Waals surface area contributed by atoms with Crippen molar-refractivity contribution in [2.24, 2.45) is 0 Å². The summed E-state index contributed by atoms with van der Waals surface area (Å²) in [5.74, 6) is -2.15. The van der Waals surface area contributed by atoms with Crippen LogP contribution in [0.25, 0.3) is 5.69 Å². The number of para-hydroxylation sites is 1. The van der Waals surface area contributed by atoms with E-state index in [0.29, 0.717) is 24.2 Å². The van der Waals surface area contributed by atoms with Gasteiger partial charge in [0.2, 0.25) is 0 Å². The van der Waals surface area contributed by atoms with E-state index >= 15 is 0 Å². The summed E-state index contributed by atoms with van der Waals surface area (Å²) in [7, 11) is 0. The average Bonchev–Trinajstić information content (AvgIpc) is 3.10. The SMILES string of the molecule is O=C(NCCc1cnn(-c2ccccc2)n1)c1ccc(C(F)(F)F)c(F)c1. The molecule has 1 N–H and O–H groups in total. The van der Waals surface area contributed by atoms with Crippen LogP contribution < -0.4 is 5.32 Å². The molecule has 0 aliphatic carbocycles. The molecular formula is C18H14F4N4O. The third-order valence-corrected chi connectivity index (χ3v) is 3.73. The zero-order valence-electron chi connectivity index (χ0n) is 13.9. The smallest absolute Gasteiger partial charge is 0.352 e. The van der Waals surface area contributed by atoms with Crippen LogP contribution in [0.4, 0.5) is 17.6 Å². The summed E-state index contributed by atoms with van der Waals surface area (Å²) < 4.78 is 51.2. The first-order valence-corrected chi connectivity index (χ1v) is 7.96. The lowest BCUT2D eigenvalue weighted by molar-refractivity contribution is -0.140. The molecular weight excluding hydrogens is 364 g/mol. The van der Waals surface area contributed by atoms with Crippen molar-refractivity contribution in [1.29, 1.82) is 0 Å². The van der Waals surface area contributed by atoms with E-state index in [9.17, 15) is 22.4 Å². The van der Waals surface area contributed by atoms with Crippen LogP contribution in [0.3, 0.4) is 0 Å². The van der Waals surface area contributed by atoms with E-state index in [1.807, 2.05) is 30.3 Å². The first-order chi connectivity index (χ1) is 12.8. The van der Waals surface area contributed by atoms with E-state index in [4.69, 9.17) is 0 Å². The summed E-state index contributed by atoms with van der Waals surface area (Å²) in [6.07, 6.45) is -2.89. The fraction of sp³-hybridized carbons (Fsp3) is 0.167. The minimum Gasteiger partial charge on any atom is -0.352 e. The van der Waals surface area contributed by atoms with Gasteiger partial charge in [0.25, 0.3) is 5.91 Å². The summed E-state index contributed by atoms with van der Waals surface area (Å²) in [6.45, 7) is 0.176. The molecule has 0 radical (unpaired) electrons. The van der Waals surface area contributed by atoms with E-state index < -0.39 is 23.5 Å². The highest BCUT2D eigenvalue weighted by atomic mass is 19.4. The van der Waals surface area contributed by atoms with Gasteiger partial charge >= 0.3 is 6.18 Å². The minimum absolute atomic E-state index is 0.176. The van der Waals surface area contributed by atoms with Gasteiger partial charge in [-0.3, -0.25) is 4.79 Å². The molecule has 27 heavy (non-hydrogen) atoms. The molecule has 1 heterocycles. The molecule has 0 spiro atoms. The van der Waals surface area contributed by atoms with Gasteiger partial charge in [-0.25, -0.2) is 4.39 Å². The number of carbonyl (C=O) groups excluding carboxylic acids is 1. The zero-order valence-corrected chi connectivity index (χ0v) is 13.9. The molecule has 1 amide bonds. The van der Waals surface area contributed by atoms with Crippen molar-refractivity contribution >= 4 is 5.91 Å². The van der Waals surface area contributed by atoms with Crippen LogP contribution in [0, 0.1) is 5.82 Å². The number of nitrogens with zero attached hydrogens (tertiary/aromatic N) is 3. The number of hydrogen-bond donors (Lipinski definition) is 1. The van der Waals surface area contributed by atoms with Crippen LogP contribution in [-0.4, -0.2) is 27.4 Å². The number of carbonyl (C=O) groups is 1. The lowest BCUT2D eigenvalue weighted by Gasteiger charge is -2.09. The Kier molecular flexibility index (Phi) is 5.20. The van der Waals surface area contributed by atoms with E-state index in [0.717, 1.165) is 11.8 Å². The van der Waals surface area contributed by atoms with Gasteiger partial charge in [0.1, 0.15) is 5.82 Å². The molecule has 9 heteroatoms. The zero-order chi connectivity index (χ0) is 19.4. The van der Waals surface area contributed by atoms with E-state index in [2.05, 4.69) is 15.5 Å². The molecule has 3 aromatic rings. The lowest BCUT2D eigenvalue weighted by Crippen LogP contribution is -2.26. The fourth-order valence-corrected chi connectivity index (χ4v) is 2.39. The van der Waals surface area contributed by atoms with E-state index in [-0.39, 0.29) is 12.1 Å². The van der Waals surface area contributed by atoms with Gasteiger partial charge in [-0.05, 0) is 30.3 Å². The van der Waals surface area contributed by atoms with Crippen LogP contribution in [-0.2, 0) is 12.6 Å². The molecule has 0 saturated heterocycles. The second-order valence-corrected chi connectivity index (χ2v) is 5.66. The molecule has 0 unspecified atom stereocenters. The number of rotatable bonds is 5. The van der Waals surface area contributed by atoms with E-state index in [1.165, 1.54) is 4.80 Å². The van der Waals surface area contributed by atoms with Crippen molar-refractivity contribution in [2.45, 2.75) is 12.6 Å². The van der Waals surface area contributed by atoms with Crippen molar-refractivity contribution in [3.05, 3.63) is 77.4 Å². The number of alkyl halides is 3. The molecule has 3 rings (SSSR count). The Morgan fingerprint density at radius 3 is 2.52 bits per heavy atom. The summed E-state index contributed by atoms with van der Waals surface area (Å²) in [4.78, 5) is 13.4. The molecule has 5 nitrogen and oxygen atoms in total. The maximum atomic E-state index is 13.5. The number of halogens is 4. The van der Waals surface area contributed by atoms with Gasteiger partial charge in [-0.1, -0.05) is 18.2 Å². The Labute approximate surface area is 151 Å². The summed E-state index contributed by atoms with van der Waals surface area (Å²) in [5.41, 5.74) is -0.184. The fourth-order valence-electron chi connectivity index (χ4n) is 2.39. The Hall–Kier alpha value is -3.23. The lowest BCUT2D eigenvalue weighted by atomic mass is 10.1. The first-order valence-electron chi connectivity index (χ1n) is 7.96. The highest BCUT2D eigenvalue weighted by Crippen LogP contribution is 2.31. The third-order valence-electron chi connectivity index (χ3n) is 3.73. The molecule has 0 fully saturated rings. The maximum absolute atomic E-state index is 13.5. The molecule has 1 aromatic heterocycles. The van der Waals surface area contributed by atoms with Crippen molar-refractivity contribution < 1.29 is 22.4 Å². The van der Waals surface area contributed by atoms with Crippen molar-refractivity contribution in [3.63, 3.8) is 0 Å². The van der Waals surface area contributed by atoms with Gasteiger partial charge in [0, 0.05) is 18.5 Å². The van der Waals surface area contributed by atoms with E-state index in [1.54, 1.807) is 6.20 Å². The van der Waals surface area contributed by atoms with Crippen LogP contribution in [0.2, 0.25) is 0 Å². The first kappa shape index (κ1) is 18.6. The number of hydrogen-bond acceptors (Lipinski definition) is 3. The number of benzene rings is 2. The number of nitrogens with one attached hydrogen (secondary N) is 1. The molecule has 0 aliphatic heterocycles. The quantitative estimate of drug-likeness (QED) is 0.693. The Morgan fingerprint density at radius 2 is 1.85 bits per heavy atom. The van der Waals surface area contributed by atoms with Crippen LogP contribution in [0.15, 0.2) is 54.7 Å². The van der Waals surface area contributed by atoms with Gasteiger partial charge in [-0.2, -0.15) is 28.2 Å². The van der Waals surface area contributed by atoms with Gasteiger partial charge in [0.05, 0.1) is 23.1 Å². The second-order valence-electron chi connectivity index (χ2n) is 5.66. The van der Waals surface area contributed by atoms with Gasteiger partial charge in [0.15, 0.2) is 0 Å².